The van der Waals surface area contributed by atoms with E-state index < -0.39 is 0 Å². The van der Waals surface area contributed by atoms with Crippen LogP contribution < -0.4 is 16.4 Å². The number of nitrogens with zero attached hydrogens (tertiary/aromatic N) is 2. The van der Waals surface area contributed by atoms with Gasteiger partial charge in [0.05, 0.1) is 11.0 Å². The Morgan fingerprint density at radius 2 is 1.68 bits per heavy atom. The summed E-state index contributed by atoms with van der Waals surface area (Å²) < 4.78 is 0. The van der Waals surface area contributed by atoms with Crippen LogP contribution in [0.5, 0.6) is 0 Å². The zero-order valence-corrected chi connectivity index (χ0v) is 22.6. The SMILES string of the molecule is C=C(N)CCN(C)c1ccc(S)cc1.C=Cc1ccc2nc(CCc3ccc(C=N)cc3)[nH]c2c1.CN. The molecule has 0 spiro atoms. The smallest absolute Gasteiger partial charge is 0.107 e. The number of aromatic amines is 1. The molecule has 0 radical (unpaired) electrons. The molecular formula is C30H38N6S. The summed E-state index contributed by atoms with van der Waals surface area (Å²) in [4.78, 5) is 11.1. The van der Waals surface area contributed by atoms with E-state index in [1.165, 1.54) is 24.5 Å². The van der Waals surface area contributed by atoms with E-state index in [4.69, 9.17) is 11.1 Å². The van der Waals surface area contributed by atoms with Gasteiger partial charge < -0.3 is 26.8 Å². The Hall–Kier alpha value is -3.81. The van der Waals surface area contributed by atoms with Crippen molar-refractivity contribution in [3.8, 4) is 0 Å². The molecule has 0 bridgehead atoms. The van der Waals surface area contributed by atoms with E-state index >= 15 is 0 Å². The maximum absolute atomic E-state index is 7.20. The number of H-pyrrole nitrogens is 1. The monoisotopic (exact) mass is 514 g/mol. The van der Waals surface area contributed by atoms with Gasteiger partial charge in [0, 0.05) is 48.9 Å². The maximum atomic E-state index is 7.20. The number of hydrogen-bond donors (Lipinski definition) is 5. The van der Waals surface area contributed by atoms with Gasteiger partial charge in [0.1, 0.15) is 5.82 Å². The quantitative estimate of drug-likeness (QED) is 0.143. The number of nitrogens with two attached hydrogens (primary N) is 2. The number of fused-ring (bicyclic) bond motifs is 1. The van der Waals surface area contributed by atoms with Crippen molar-refractivity contribution in [2.24, 2.45) is 11.5 Å². The third-order valence-electron chi connectivity index (χ3n) is 5.65. The van der Waals surface area contributed by atoms with Crippen LogP contribution in [0.2, 0.25) is 0 Å². The van der Waals surface area contributed by atoms with Crippen molar-refractivity contribution in [3.63, 3.8) is 0 Å². The first-order valence-corrected chi connectivity index (χ1v) is 12.5. The Kier molecular flexibility index (Phi) is 12.2. The minimum atomic E-state index is 0.725. The molecule has 6 nitrogen and oxygen atoms in total. The Morgan fingerprint density at radius 1 is 1.03 bits per heavy atom. The van der Waals surface area contributed by atoms with E-state index in [0.29, 0.717) is 0 Å². The Balaban J connectivity index is 0.000000263. The van der Waals surface area contributed by atoms with Crippen LogP contribution in [-0.4, -0.2) is 36.8 Å². The molecule has 0 unspecified atom stereocenters. The van der Waals surface area contributed by atoms with Crippen molar-refractivity contribution in [1.29, 1.82) is 5.41 Å². The number of aromatic nitrogens is 2. The zero-order valence-electron chi connectivity index (χ0n) is 21.7. The zero-order chi connectivity index (χ0) is 27.2. The maximum Gasteiger partial charge on any atom is 0.107 e. The van der Waals surface area contributed by atoms with Gasteiger partial charge >= 0.3 is 0 Å². The molecular weight excluding hydrogens is 476 g/mol. The molecule has 0 atom stereocenters. The Labute approximate surface area is 226 Å². The molecule has 37 heavy (non-hydrogen) atoms. The van der Waals surface area contributed by atoms with Crippen molar-refractivity contribution in [3.05, 3.63) is 108 Å². The molecule has 0 saturated heterocycles. The van der Waals surface area contributed by atoms with Crippen molar-refractivity contribution in [2.75, 3.05) is 25.5 Å². The highest BCUT2D eigenvalue weighted by Crippen LogP contribution is 2.17. The first-order chi connectivity index (χ1) is 17.9. The lowest BCUT2D eigenvalue weighted by molar-refractivity contribution is 0.861. The number of rotatable bonds is 9. The molecule has 0 amide bonds. The first-order valence-electron chi connectivity index (χ1n) is 12.1. The number of aryl methyl sites for hydroxylation is 2. The number of imidazole rings is 1. The fraction of sp³-hybridized carbons (Fsp3) is 0.200. The average molecular weight is 515 g/mol. The minimum Gasteiger partial charge on any atom is -0.402 e. The summed E-state index contributed by atoms with van der Waals surface area (Å²) >= 11 is 4.23. The van der Waals surface area contributed by atoms with Gasteiger partial charge in [-0.15, -0.1) is 12.6 Å². The molecule has 1 aromatic heterocycles. The number of anilines is 1. The number of thiol groups is 1. The van der Waals surface area contributed by atoms with Gasteiger partial charge in [-0.25, -0.2) is 4.98 Å². The lowest BCUT2D eigenvalue weighted by atomic mass is 10.1. The Bertz CT molecular complexity index is 1280. The molecule has 0 aliphatic heterocycles. The summed E-state index contributed by atoms with van der Waals surface area (Å²) in [6, 6.07) is 22.2. The fourth-order valence-electron chi connectivity index (χ4n) is 3.52. The van der Waals surface area contributed by atoms with Crippen LogP contribution in [0.3, 0.4) is 0 Å². The molecule has 3 aromatic carbocycles. The summed E-state index contributed by atoms with van der Waals surface area (Å²) in [6.07, 6.45) is 5.83. The average Bonchev–Trinajstić information content (AvgIpc) is 3.35. The van der Waals surface area contributed by atoms with Crippen molar-refractivity contribution in [2.45, 2.75) is 24.2 Å². The summed E-state index contributed by atoms with van der Waals surface area (Å²) in [5, 5.41) is 7.20. The van der Waals surface area contributed by atoms with Gasteiger partial charge in [0.25, 0.3) is 0 Å². The van der Waals surface area contributed by atoms with E-state index in [0.717, 1.165) is 64.4 Å². The van der Waals surface area contributed by atoms with Crippen molar-refractivity contribution in [1.82, 2.24) is 9.97 Å². The van der Waals surface area contributed by atoms with E-state index in [1.54, 1.807) is 0 Å². The molecule has 1 heterocycles. The van der Waals surface area contributed by atoms with Gasteiger partial charge in [0.15, 0.2) is 0 Å². The van der Waals surface area contributed by atoms with Crippen LogP contribution in [0.25, 0.3) is 17.1 Å². The standard InChI is InChI=1S/C18H17N3.C11H16N2S.CH5N/c1-2-13-7-9-16-17(11-13)21-18(20-16)10-8-14-3-5-15(12-19)6-4-14;1-9(12)7-8-13(2)10-3-5-11(14)6-4-10;1-2/h2-7,9,11-12,19H,1,8,10H2,(H,20,21);3-6,14H,1,7-8,12H2,2H3;2H2,1H3. The van der Waals surface area contributed by atoms with Crippen LogP contribution in [-0.2, 0) is 12.8 Å². The van der Waals surface area contributed by atoms with Gasteiger partial charge in [-0.3, -0.25) is 0 Å². The van der Waals surface area contributed by atoms with E-state index in [2.05, 4.69) is 64.6 Å². The van der Waals surface area contributed by atoms with Gasteiger partial charge in [-0.05, 0) is 66.6 Å². The van der Waals surface area contributed by atoms with E-state index in [1.807, 2.05) is 61.7 Å². The van der Waals surface area contributed by atoms with Crippen molar-refractivity contribution < 1.29 is 0 Å². The molecule has 4 aromatic rings. The molecule has 0 fully saturated rings. The third-order valence-corrected chi connectivity index (χ3v) is 5.94. The van der Waals surface area contributed by atoms with E-state index in [-0.39, 0.29) is 0 Å². The van der Waals surface area contributed by atoms with Crippen LogP contribution in [0.1, 0.15) is 28.9 Å². The molecule has 0 aliphatic carbocycles. The van der Waals surface area contributed by atoms with Crippen molar-refractivity contribution >= 4 is 41.6 Å². The largest absolute Gasteiger partial charge is 0.402 e. The fourth-order valence-corrected chi connectivity index (χ4v) is 3.67. The normalized spacial score (nSPS) is 9.95. The topological polar surface area (TPSA) is 108 Å². The predicted molar refractivity (Wildman–Crippen MR) is 163 cm³/mol. The molecule has 4 rings (SSSR count). The molecule has 6 N–H and O–H groups in total. The van der Waals surface area contributed by atoms with Crippen LogP contribution in [0, 0.1) is 5.41 Å². The van der Waals surface area contributed by atoms with Crippen LogP contribution >= 0.6 is 12.6 Å². The lowest BCUT2D eigenvalue weighted by Gasteiger charge is -2.19. The summed E-state index contributed by atoms with van der Waals surface area (Å²) in [5.41, 5.74) is 17.2. The summed E-state index contributed by atoms with van der Waals surface area (Å²) in [7, 11) is 3.54. The van der Waals surface area contributed by atoms with Gasteiger partial charge in [-0.1, -0.05) is 49.6 Å². The summed E-state index contributed by atoms with van der Waals surface area (Å²) in [6.45, 7) is 8.35. The third kappa shape index (κ3) is 9.63. The first kappa shape index (κ1) is 29.4. The van der Waals surface area contributed by atoms with Gasteiger partial charge in [0.2, 0.25) is 0 Å². The number of hydrogen-bond acceptors (Lipinski definition) is 6. The Morgan fingerprint density at radius 3 is 2.27 bits per heavy atom. The second kappa shape index (κ2) is 15.3. The number of nitrogens with one attached hydrogen (secondary N) is 2. The lowest BCUT2D eigenvalue weighted by Crippen LogP contribution is -2.19. The minimum absolute atomic E-state index is 0.725. The van der Waals surface area contributed by atoms with Crippen LogP contribution in [0.4, 0.5) is 5.69 Å². The molecule has 0 saturated carbocycles. The summed E-state index contributed by atoms with van der Waals surface area (Å²) in [5.74, 6) is 1.00. The molecule has 7 heteroatoms. The van der Waals surface area contributed by atoms with Crippen LogP contribution in [0.15, 0.2) is 90.5 Å². The van der Waals surface area contributed by atoms with E-state index in [9.17, 15) is 0 Å². The molecule has 194 valence electrons. The molecule has 0 aliphatic rings. The predicted octanol–water partition coefficient (Wildman–Crippen LogP) is 5.84. The second-order valence-electron chi connectivity index (χ2n) is 8.40. The highest BCUT2D eigenvalue weighted by molar-refractivity contribution is 7.80. The second-order valence-corrected chi connectivity index (χ2v) is 8.91. The highest BCUT2D eigenvalue weighted by atomic mass is 32.1. The highest BCUT2D eigenvalue weighted by Gasteiger charge is 2.04. The number of benzene rings is 3. The van der Waals surface area contributed by atoms with Gasteiger partial charge in [-0.2, -0.15) is 0 Å².